The van der Waals surface area contributed by atoms with Crippen LogP contribution in [0.3, 0.4) is 0 Å². The van der Waals surface area contributed by atoms with E-state index in [-0.39, 0.29) is 5.75 Å². The summed E-state index contributed by atoms with van der Waals surface area (Å²) in [5, 5.41) is 9.58. The van der Waals surface area contributed by atoms with Crippen LogP contribution in [0.15, 0.2) is 46.9 Å². The van der Waals surface area contributed by atoms with Crippen molar-refractivity contribution in [1.29, 1.82) is 0 Å². The van der Waals surface area contributed by atoms with Crippen molar-refractivity contribution in [2.75, 3.05) is 7.11 Å². The number of hydrogen-bond donors (Lipinski definition) is 1. The first-order valence-electron chi connectivity index (χ1n) is 5.44. The molecule has 0 saturated heterocycles. The molecule has 0 unspecified atom stereocenters. The van der Waals surface area contributed by atoms with Gasteiger partial charge in [-0.25, -0.2) is 0 Å². The minimum Gasteiger partial charge on any atom is -0.504 e. The van der Waals surface area contributed by atoms with Gasteiger partial charge in [0.1, 0.15) is 12.4 Å². The number of phenols is 1. The van der Waals surface area contributed by atoms with Crippen LogP contribution in [0.5, 0.6) is 17.2 Å². The zero-order valence-corrected chi connectivity index (χ0v) is 11.5. The van der Waals surface area contributed by atoms with Crippen molar-refractivity contribution in [1.82, 2.24) is 0 Å². The van der Waals surface area contributed by atoms with Gasteiger partial charge < -0.3 is 14.6 Å². The van der Waals surface area contributed by atoms with Crippen molar-refractivity contribution >= 4 is 15.9 Å². The topological polar surface area (TPSA) is 38.7 Å². The molecule has 0 amide bonds. The predicted octanol–water partition coefficient (Wildman–Crippen LogP) is 3.74. The van der Waals surface area contributed by atoms with Gasteiger partial charge in [0, 0.05) is 10.0 Å². The van der Waals surface area contributed by atoms with Gasteiger partial charge in [-0.05, 0) is 24.3 Å². The van der Waals surface area contributed by atoms with Crippen molar-refractivity contribution < 1.29 is 14.6 Å². The fourth-order valence-electron chi connectivity index (χ4n) is 1.51. The van der Waals surface area contributed by atoms with Gasteiger partial charge in [0.2, 0.25) is 0 Å². The number of aromatic hydroxyl groups is 1. The van der Waals surface area contributed by atoms with E-state index in [2.05, 4.69) is 15.9 Å². The van der Waals surface area contributed by atoms with Crippen molar-refractivity contribution in [3.63, 3.8) is 0 Å². The smallest absolute Gasteiger partial charge is 0.161 e. The quantitative estimate of drug-likeness (QED) is 0.935. The minimum absolute atomic E-state index is 0.141. The maximum atomic E-state index is 9.58. The summed E-state index contributed by atoms with van der Waals surface area (Å²) in [6, 6.07) is 12.6. The summed E-state index contributed by atoms with van der Waals surface area (Å²) in [5.74, 6) is 1.40. The Morgan fingerprint density at radius 1 is 1.17 bits per heavy atom. The van der Waals surface area contributed by atoms with Crippen molar-refractivity contribution in [3.8, 4) is 17.2 Å². The average molecular weight is 309 g/mol. The van der Waals surface area contributed by atoms with E-state index in [0.29, 0.717) is 12.4 Å². The summed E-state index contributed by atoms with van der Waals surface area (Å²) in [6.45, 7) is 0.377. The van der Waals surface area contributed by atoms with Gasteiger partial charge in [0.15, 0.2) is 11.5 Å². The lowest BCUT2D eigenvalue weighted by Crippen LogP contribution is -1.97. The Labute approximate surface area is 114 Å². The van der Waals surface area contributed by atoms with Crippen LogP contribution in [0.25, 0.3) is 0 Å². The van der Waals surface area contributed by atoms with Gasteiger partial charge >= 0.3 is 0 Å². The molecule has 0 saturated carbocycles. The van der Waals surface area contributed by atoms with Crippen molar-refractivity contribution in [2.24, 2.45) is 0 Å². The first-order chi connectivity index (χ1) is 8.70. The van der Waals surface area contributed by atoms with Crippen molar-refractivity contribution in [3.05, 3.63) is 52.5 Å². The van der Waals surface area contributed by atoms with Crippen LogP contribution >= 0.6 is 15.9 Å². The number of benzene rings is 2. The van der Waals surface area contributed by atoms with Crippen molar-refractivity contribution in [2.45, 2.75) is 6.61 Å². The standard InChI is InChI=1S/C14H13BrO3/c1-17-11-7-6-10(12(15)8-11)9-18-14-5-3-2-4-13(14)16/h2-8,16H,9H2,1H3. The first-order valence-corrected chi connectivity index (χ1v) is 6.23. The number of para-hydroxylation sites is 2. The molecule has 0 radical (unpaired) electrons. The molecule has 3 nitrogen and oxygen atoms in total. The largest absolute Gasteiger partial charge is 0.504 e. The number of ether oxygens (including phenoxy) is 2. The Hall–Kier alpha value is -1.68. The second-order valence-corrected chi connectivity index (χ2v) is 4.57. The monoisotopic (exact) mass is 308 g/mol. The molecule has 2 aromatic carbocycles. The predicted molar refractivity (Wildman–Crippen MR) is 73.1 cm³/mol. The fourth-order valence-corrected chi connectivity index (χ4v) is 1.98. The molecule has 94 valence electrons. The molecule has 2 rings (SSSR count). The van der Waals surface area contributed by atoms with E-state index < -0.39 is 0 Å². The highest BCUT2D eigenvalue weighted by molar-refractivity contribution is 9.10. The lowest BCUT2D eigenvalue weighted by Gasteiger charge is -2.10. The Morgan fingerprint density at radius 3 is 2.61 bits per heavy atom. The highest BCUT2D eigenvalue weighted by Crippen LogP contribution is 2.28. The van der Waals surface area contributed by atoms with E-state index in [1.54, 1.807) is 25.3 Å². The third-order valence-corrected chi connectivity index (χ3v) is 3.25. The van der Waals surface area contributed by atoms with Crippen LogP contribution in [-0.4, -0.2) is 12.2 Å². The lowest BCUT2D eigenvalue weighted by molar-refractivity contribution is 0.288. The summed E-state index contributed by atoms with van der Waals surface area (Å²) in [7, 11) is 1.62. The third kappa shape index (κ3) is 2.96. The van der Waals surface area contributed by atoms with Crippen LogP contribution in [0.1, 0.15) is 5.56 Å². The average Bonchev–Trinajstić information content (AvgIpc) is 2.39. The molecular weight excluding hydrogens is 296 g/mol. The second-order valence-electron chi connectivity index (χ2n) is 3.71. The molecule has 0 atom stereocenters. The molecule has 0 aliphatic carbocycles. The number of halogens is 1. The van der Waals surface area contributed by atoms with E-state index in [4.69, 9.17) is 9.47 Å². The van der Waals surface area contributed by atoms with Crippen LogP contribution in [-0.2, 0) is 6.61 Å². The molecular formula is C14H13BrO3. The molecule has 18 heavy (non-hydrogen) atoms. The van der Waals surface area contributed by atoms with Gasteiger partial charge in [0.05, 0.1) is 7.11 Å². The molecule has 0 aliphatic rings. The summed E-state index contributed by atoms with van der Waals surface area (Å²) in [6.07, 6.45) is 0. The Bertz CT molecular complexity index is 540. The fraction of sp³-hybridized carbons (Fsp3) is 0.143. The number of rotatable bonds is 4. The Balaban J connectivity index is 2.09. The van der Waals surface area contributed by atoms with Gasteiger partial charge in [0.25, 0.3) is 0 Å². The number of methoxy groups -OCH3 is 1. The van der Waals surface area contributed by atoms with Gasteiger partial charge in [-0.3, -0.25) is 0 Å². The van der Waals surface area contributed by atoms with E-state index in [0.717, 1.165) is 15.8 Å². The molecule has 4 heteroatoms. The van der Waals surface area contributed by atoms with Gasteiger partial charge in [-0.2, -0.15) is 0 Å². The Morgan fingerprint density at radius 2 is 1.94 bits per heavy atom. The minimum atomic E-state index is 0.141. The van der Waals surface area contributed by atoms with E-state index in [1.165, 1.54) is 0 Å². The molecule has 1 N–H and O–H groups in total. The molecule has 0 fully saturated rings. The summed E-state index contributed by atoms with van der Waals surface area (Å²) < 4.78 is 11.6. The summed E-state index contributed by atoms with van der Waals surface area (Å²) in [5.41, 5.74) is 0.985. The van der Waals surface area contributed by atoms with E-state index >= 15 is 0 Å². The van der Waals surface area contributed by atoms with Crippen LogP contribution in [0.2, 0.25) is 0 Å². The van der Waals surface area contributed by atoms with Crippen LogP contribution in [0, 0.1) is 0 Å². The summed E-state index contributed by atoms with van der Waals surface area (Å²) in [4.78, 5) is 0. The molecule has 0 bridgehead atoms. The summed E-state index contributed by atoms with van der Waals surface area (Å²) >= 11 is 3.46. The van der Waals surface area contributed by atoms with Gasteiger partial charge in [-0.15, -0.1) is 0 Å². The number of phenolic OH excluding ortho intramolecular Hbond substituents is 1. The van der Waals surface area contributed by atoms with E-state index in [9.17, 15) is 5.11 Å². The highest BCUT2D eigenvalue weighted by atomic mass is 79.9. The second kappa shape index (κ2) is 5.78. The molecule has 0 heterocycles. The maximum absolute atomic E-state index is 9.58. The zero-order valence-electron chi connectivity index (χ0n) is 9.89. The first kappa shape index (κ1) is 12.8. The third-order valence-electron chi connectivity index (χ3n) is 2.51. The number of hydrogen-bond acceptors (Lipinski definition) is 3. The van der Waals surface area contributed by atoms with Crippen LogP contribution in [0.4, 0.5) is 0 Å². The normalized spacial score (nSPS) is 10.1. The SMILES string of the molecule is COc1ccc(COc2ccccc2O)c(Br)c1. The van der Waals surface area contributed by atoms with Gasteiger partial charge in [-0.1, -0.05) is 34.1 Å². The lowest BCUT2D eigenvalue weighted by atomic mass is 10.2. The highest BCUT2D eigenvalue weighted by Gasteiger charge is 2.05. The Kier molecular flexibility index (Phi) is 4.10. The maximum Gasteiger partial charge on any atom is 0.161 e. The molecule has 0 aromatic heterocycles. The zero-order chi connectivity index (χ0) is 13.0. The van der Waals surface area contributed by atoms with E-state index in [1.807, 2.05) is 24.3 Å². The van der Waals surface area contributed by atoms with Crippen LogP contribution < -0.4 is 9.47 Å². The molecule has 0 spiro atoms. The molecule has 2 aromatic rings. The molecule has 0 aliphatic heterocycles.